The zero-order valence-electron chi connectivity index (χ0n) is 7.96. The molecule has 0 aliphatic carbocycles. The van der Waals surface area contributed by atoms with Crippen molar-refractivity contribution in [2.24, 2.45) is 0 Å². The SMILES string of the molecule is OCc1ccc(C2CCCN2)c(F)c1. The number of benzene rings is 1. The third kappa shape index (κ3) is 1.79. The van der Waals surface area contributed by atoms with E-state index >= 15 is 0 Å². The van der Waals surface area contributed by atoms with E-state index < -0.39 is 0 Å². The lowest BCUT2D eigenvalue weighted by Crippen LogP contribution is -2.14. The quantitative estimate of drug-likeness (QED) is 0.753. The van der Waals surface area contributed by atoms with Gasteiger partial charge in [-0.15, -0.1) is 0 Å². The van der Waals surface area contributed by atoms with Gasteiger partial charge in [0.05, 0.1) is 6.61 Å². The Morgan fingerprint density at radius 1 is 1.50 bits per heavy atom. The van der Waals surface area contributed by atoms with Crippen molar-refractivity contribution in [1.82, 2.24) is 5.32 Å². The highest BCUT2D eigenvalue weighted by atomic mass is 19.1. The largest absolute Gasteiger partial charge is 0.392 e. The first-order chi connectivity index (χ1) is 6.81. The first kappa shape index (κ1) is 9.62. The molecule has 0 amide bonds. The molecule has 1 fully saturated rings. The summed E-state index contributed by atoms with van der Waals surface area (Å²) in [6, 6.07) is 5.11. The van der Waals surface area contributed by atoms with Gasteiger partial charge in [0.15, 0.2) is 0 Å². The average molecular weight is 195 g/mol. The molecule has 1 saturated heterocycles. The number of hydrogen-bond acceptors (Lipinski definition) is 2. The van der Waals surface area contributed by atoms with Crippen LogP contribution in [0.2, 0.25) is 0 Å². The molecule has 0 saturated carbocycles. The maximum absolute atomic E-state index is 13.5. The minimum Gasteiger partial charge on any atom is -0.392 e. The van der Waals surface area contributed by atoms with Crippen molar-refractivity contribution in [3.8, 4) is 0 Å². The Hall–Kier alpha value is -0.930. The lowest BCUT2D eigenvalue weighted by molar-refractivity contribution is 0.281. The molecule has 0 aromatic heterocycles. The standard InChI is InChI=1S/C11H14FNO/c12-10-6-8(7-14)3-4-9(10)11-2-1-5-13-11/h3-4,6,11,13-14H,1-2,5,7H2. The number of halogens is 1. The van der Waals surface area contributed by atoms with Crippen molar-refractivity contribution < 1.29 is 9.50 Å². The van der Waals surface area contributed by atoms with E-state index in [2.05, 4.69) is 5.32 Å². The monoisotopic (exact) mass is 195 g/mol. The molecule has 2 N–H and O–H groups in total. The lowest BCUT2D eigenvalue weighted by Gasteiger charge is -2.12. The van der Waals surface area contributed by atoms with Gasteiger partial charge in [-0.25, -0.2) is 4.39 Å². The van der Waals surface area contributed by atoms with Crippen LogP contribution in [0, 0.1) is 5.82 Å². The predicted octanol–water partition coefficient (Wildman–Crippen LogP) is 1.74. The second-order valence-corrected chi connectivity index (χ2v) is 3.66. The van der Waals surface area contributed by atoms with Gasteiger partial charge in [0, 0.05) is 11.6 Å². The molecule has 1 atom stereocenters. The maximum atomic E-state index is 13.5. The summed E-state index contributed by atoms with van der Waals surface area (Å²) in [6.45, 7) is 0.862. The Kier molecular flexibility index (Phi) is 2.79. The molecule has 1 aromatic rings. The number of hydrogen-bond donors (Lipinski definition) is 2. The molecule has 1 heterocycles. The molecular weight excluding hydrogens is 181 g/mol. The molecule has 3 heteroatoms. The number of rotatable bonds is 2. The van der Waals surface area contributed by atoms with Crippen molar-refractivity contribution in [2.45, 2.75) is 25.5 Å². The van der Waals surface area contributed by atoms with Gasteiger partial charge in [-0.3, -0.25) is 0 Å². The highest BCUT2D eigenvalue weighted by Gasteiger charge is 2.19. The van der Waals surface area contributed by atoms with Crippen LogP contribution >= 0.6 is 0 Å². The minimum atomic E-state index is -0.212. The molecule has 1 aliphatic rings. The van der Waals surface area contributed by atoms with E-state index in [1.807, 2.05) is 0 Å². The highest BCUT2D eigenvalue weighted by Crippen LogP contribution is 2.25. The number of aliphatic hydroxyl groups excluding tert-OH is 1. The molecule has 2 nitrogen and oxygen atoms in total. The second kappa shape index (κ2) is 4.07. The van der Waals surface area contributed by atoms with Crippen molar-refractivity contribution in [3.63, 3.8) is 0 Å². The first-order valence-corrected chi connectivity index (χ1v) is 4.94. The van der Waals surface area contributed by atoms with E-state index in [0.717, 1.165) is 24.9 Å². The number of nitrogens with one attached hydrogen (secondary N) is 1. The summed E-state index contributed by atoms with van der Waals surface area (Å²) in [5, 5.41) is 12.1. The fourth-order valence-corrected chi connectivity index (χ4v) is 1.90. The normalized spacial score (nSPS) is 21.4. The summed E-state index contributed by atoms with van der Waals surface area (Å²) >= 11 is 0. The van der Waals surface area contributed by atoms with E-state index in [1.165, 1.54) is 6.07 Å². The first-order valence-electron chi connectivity index (χ1n) is 4.94. The van der Waals surface area contributed by atoms with Crippen LogP contribution in [-0.4, -0.2) is 11.7 Å². The topological polar surface area (TPSA) is 32.3 Å². The average Bonchev–Trinajstić information content (AvgIpc) is 2.70. The van der Waals surface area contributed by atoms with Gasteiger partial charge in [0.2, 0.25) is 0 Å². The number of aliphatic hydroxyl groups is 1. The van der Waals surface area contributed by atoms with Crippen LogP contribution in [0.4, 0.5) is 4.39 Å². The molecular formula is C11H14FNO. The van der Waals surface area contributed by atoms with Crippen molar-refractivity contribution in [2.75, 3.05) is 6.54 Å². The zero-order valence-corrected chi connectivity index (χ0v) is 7.96. The molecule has 2 rings (SSSR count). The Morgan fingerprint density at radius 2 is 2.36 bits per heavy atom. The van der Waals surface area contributed by atoms with Crippen LogP contribution in [-0.2, 0) is 6.61 Å². The van der Waals surface area contributed by atoms with Crippen LogP contribution in [0.25, 0.3) is 0 Å². The Bertz CT molecular complexity index is 321. The summed E-state index contributed by atoms with van der Waals surface area (Å²) < 4.78 is 13.5. The summed E-state index contributed by atoms with van der Waals surface area (Å²) in [5.74, 6) is -0.212. The molecule has 0 spiro atoms. The van der Waals surface area contributed by atoms with Crippen molar-refractivity contribution in [1.29, 1.82) is 0 Å². The summed E-state index contributed by atoms with van der Waals surface area (Å²) in [4.78, 5) is 0. The lowest BCUT2D eigenvalue weighted by atomic mass is 10.0. The Balaban J connectivity index is 2.25. The zero-order chi connectivity index (χ0) is 9.97. The predicted molar refractivity (Wildman–Crippen MR) is 52.3 cm³/mol. The summed E-state index contributed by atoms with van der Waals surface area (Å²) in [5.41, 5.74) is 1.35. The van der Waals surface area contributed by atoms with Crippen LogP contribution in [0.5, 0.6) is 0 Å². The van der Waals surface area contributed by atoms with E-state index in [1.54, 1.807) is 12.1 Å². The van der Waals surface area contributed by atoms with Crippen molar-refractivity contribution >= 4 is 0 Å². The third-order valence-corrected chi connectivity index (χ3v) is 2.68. The highest BCUT2D eigenvalue weighted by molar-refractivity contribution is 5.27. The van der Waals surface area contributed by atoms with E-state index in [4.69, 9.17) is 5.11 Å². The minimum absolute atomic E-state index is 0.102. The van der Waals surface area contributed by atoms with Gasteiger partial charge in [-0.1, -0.05) is 12.1 Å². The van der Waals surface area contributed by atoms with Gasteiger partial charge in [0.1, 0.15) is 5.82 Å². The van der Waals surface area contributed by atoms with Gasteiger partial charge in [-0.2, -0.15) is 0 Å². The summed E-state index contributed by atoms with van der Waals surface area (Å²) in [7, 11) is 0. The molecule has 0 bridgehead atoms. The fraction of sp³-hybridized carbons (Fsp3) is 0.455. The molecule has 1 aromatic carbocycles. The molecule has 14 heavy (non-hydrogen) atoms. The molecule has 1 unspecified atom stereocenters. The molecule has 76 valence electrons. The molecule has 0 radical (unpaired) electrons. The van der Waals surface area contributed by atoms with Crippen LogP contribution in [0.1, 0.15) is 30.0 Å². The van der Waals surface area contributed by atoms with Crippen LogP contribution < -0.4 is 5.32 Å². The fourth-order valence-electron chi connectivity index (χ4n) is 1.90. The Morgan fingerprint density at radius 3 is 2.93 bits per heavy atom. The summed E-state index contributed by atoms with van der Waals surface area (Å²) in [6.07, 6.45) is 2.10. The van der Waals surface area contributed by atoms with E-state index in [0.29, 0.717) is 5.56 Å². The van der Waals surface area contributed by atoms with Gasteiger partial charge < -0.3 is 10.4 Å². The third-order valence-electron chi connectivity index (χ3n) is 2.68. The van der Waals surface area contributed by atoms with Gasteiger partial charge >= 0.3 is 0 Å². The second-order valence-electron chi connectivity index (χ2n) is 3.66. The van der Waals surface area contributed by atoms with Gasteiger partial charge in [0.25, 0.3) is 0 Å². The molecule has 1 aliphatic heterocycles. The van der Waals surface area contributed by atoms with Crippen LogP contribution in [0.3, 0.4) is 0 Å². The Labute approximate surface area is 82.8 Å². The smallest absolute Gasteiger partial charge is 0.128 e. The van der Waals surface area contributed by atoms with E-state index in [-0.39, 0.29) is 18.5 Å². The van der Waals surface area contributed by atoms with Gasteiger partial charge in [-0.05, 0) is 31.0 Å². The van der Waals surface area contributed by atoms with Crippen molar-refractivity contribution in [3.05, 3.63) is 35.1 Å². The van der Waals surface area contributed by atoms with E-state index in [9.17, 15) is 4.39 Å². The van der Waals surface area contributed by atoms with Crippen LogP contribution in [0.15, 0.2) is 18.2 Å². The maximum Gasteiger partial charge on any atom is 0.128 e.